The first-order chi connectivity index (χ1) is 16.1. The van der Waals surface area contributed by atoms with Crippen LogP contribution in [0.1, 0.15) is 24.8 Å². The first-order valence-corrected chi connectivity index (χ1v) is 11.2. The topological polar surface area (TPSA) is 80.7 Å². The van der Waals surface area contributed by atoms with E-state index in [0.717, 1.165) is 50.0 Å². The van der Waals surface area contributed by atoms with Gasteiger partial charge in [0.1, 0.15) is 17.3 Å². The molecule has 0 bridgehead atoms. The van der Waals surface area contributed by atoms with Crippen molar-refractivity contribution in [2.24, 2.45) is 7.05 Å². The molecule has 0 atom stereocenters. The number of nitrogens with one attached hydrogen (secondary N) is 2. The number of hydrogen-bond acceptors (Lipinski definition) is 5. The highest BCUT2D eigenvalue weighted by Gasteiger charge is 2.18. The molecule has 0 aliphatic carbocycles. The Morgan fingerprint density at radius 2 is 1.94 bits per heavy atom. The number of rotatable bonds is 7. The van der Waals surface area contributed by atoms with Crippen molar-refractivity contribution >= 4 is 10.9 Å². The summed E-state index contributed by atoms with van der Waals surface area (Å²) in [7, 11) is 1.82. The lowest BCUT2D eigenvalue weighted by Crippen LogP contribution is -2.35. The molecule has 33 heavy (non-hydrogen) atoms. The molecule has 1 aliphatic rings. The summed E-state index contributed by atoms with van der Waals surface area (Å²) in [5, 5.41) is 15.6. The summed E-state index contributed by atoms with van der Waals surface area (Å²) in [4.78, 5) is 4.28. The molecule has 1 fully saturated rings. The second kappa shape index (κ2) is 9.36. The first kappa shape index (κ1) is 21.7. The van der Waals surface area contributed by atoms with Gasteiger partial charge in [0.05, 0.1) is 29.2 Å². The van der Waals surface area contributed by atoms with Crippen molar-refractivity contribution in [2.45, 2.75) is 31.7 Å². The maximum atomic E-state index is 15.0. The third kappa shape index (κ3) is 4.65. The number of aromatic amines is 1. The van der Waals surface area contributed by atoms with Crippen molar-refractivity contribution in [1.82, 2.24) is 30.3 Å². The largest absolute Gasteiger partial charge is 0.381 e. The van der Waals surface area contributed by atoms with Gasteiger partial charge < -0.3 is 10.1 Å². The monoisotopic (exact) mass is 452 g/mol. The molecule has 0 radical (unpaired) electrons. The Bertz CT molecular complexity index is 1240. The Kier molecular flexibility index (Phi) is 6.15. The van der Waals surface area contributed by atoms with E-state index in [-0.39, 0.29) is 11.3 Å². The van der Waals surface area contributed by atoms with Crippen LogP contribution in [0.15, 0.2) is 36.8 Å². The van der Waals surface area contributed by atoms with Crippen molar-refractivity contribution in [2.75, 3.05) is 19.8 Å². The van der Waals surface area contributed by atoms with E-state index in [1.165, 1.54) is 12.1 Å². The molecule has 3 aromatic heterocycles. The van der Waals surface area contributed by atoms with Gasteiger partial charge in [0.25, 0.3) is 0 Å². The van der Waals surface area contributed by atoms with Crippen LogP contribution in [0.25, 0.3) is 33.4 Å². The fraction of sp³-hybridized carbons (Fsp3) is 0.375. The van der Waals surface area contributed by atoms with Crippen LogP contribution < -0.4 is 5.32 Å². The molecule has 0 unspecified atom stereocenters. The van der Waals surface area contributed by atoms with Gasteiger partial charge in [0.15, 0.2) is 0 Å². The maximum absolute atomic E-state index is 15.0. The van der Waals surface area contributed by atoms with Gasteiger partial charge in [-0.05, 0) is 56.0 Å². The van der Waals surface area contributed by atoms with E-state index in [1.807, 2.05) is 13.2 Å². The van der Waals surface area contributed by atoms with Crippen molar-refractivity contribution < 1.29 is 13.5 Å². The van der Waals surface area contributed by atoms with E-state index in [2.05, 4.69) is 25.6 Å². The van der Waals surface area contributed by atoms with E-state index in [0.29, 0.717) is 29.2 Å². The molecule has 4 heterocycles. The zero-order valence-corrected chi connectivity index (χ0v) is 18.4. The fourth-order valence-corrected chi connectivity index (χ4v) is 4.33. The normalized spacial score (nSPS) is 14.9. The molecule has 1 aliphatic heterocycles. The number of hydrogen-bond donors (Lipinski definition) is 2. The van der Waals surface area contributed by atoms with Gasteiger partial charge in [-0.1, -0.05) is 0 Å². The van der Waals surface area contributed by atoms with Crippen LogP contribution >= 0.6 is 0 Å². The van der Waals surface area contributed by atoms with E-state index in [4.69, 9.17) is 4.74 Å². The van der Waals surface area contributed by atoms with Crippen LogP contribution in [-0.2, 0) is 18.2 Å². The Hall–Kier alpha value is -3.17. The fourth-order valence-electron chi connectivity index (χ4n) is 4.33. The highest BCUT2D eigenvalue weighted by molar-refractivity contribution is 5.94. The zero-order chi connectivity index (χ0) is 22.8. The third-order valence-electron chi connectivity index (χ3n) is 6.08. The number of fused-ring (bicyclic) bond motifs is 1. The summed E-state index contributed by atoms with van der Waals surface area (Å²) in [6, 6.07) is 4.96. The van der Waals surface area contributed by atoms with Crippen LogP contribution in [0.3, 0.4) is 0 Å². The number of nitrogens with zero attached hydrogens (tertiary/aromatic N) is 4. The average molecular weight is 453 g/mol. The van der Waals surface area contributed by atoms with E-state index in [1.54, 1.807) is 23.1 Å². The molecule has 1 saturated heterocycles. The number of aromatic nitrogens is 5. The van der Waals surface area contributed by atoms with Gasteiger partial charge in [-0.15, -0.1) is 0 Å². The minimum Gasteiger partial charge on any atom is -0.381 e. The van der Waals surface area contributed by atoms with Crippen LogP contribution in [0.5, 0.6) is 0 Å². The smallest absolute Gasteiger partial charge is 0.135 e. The standard InChI is InChI=1S/C24H26F2N6O/c1-32-14-16(12-29-32)24-18-11-21(28-13-22(18)30-31-24)23-19(25)9-15(10-20(23)26)3-2-6-27-17-4-7-33-8-5-17/h9-14,17,27H,2-8H2,1H3,(H,30,31). The lowest BCUT2D eigenvalue weighted by molar-refractivity contribution is 0.0780. The van der Waals surface area contributed by atoms with Crippen LogP contribution in [-0.4, -0.2) is 50.8 Å². The lowest BCUT2D eigenvalue weighted by Gasteiger charge is -2.23. The van der Waals surface area contributed by atoms with Crippen molar-refractivity contribution in [3.63, 3.8) is 0 Å². The molecule has 0 amide bonds. The zero-order valence-electron chi connectivity index (χ0n) is 18.4. The molecule has 5 rings (SSSR count). The molecule has 9 heteroatoms. The SMILES string of the molecule is Cn1cc(-c2n[nH]c3cnc(-c4c(F)cc(CCCNC5CCOCC5)cc4F)cc23)cn1. The molecule has 7 nitrogen and oxygen atoms in total. The first-order valence-electron chi connectivity index (χ1n) is 11.2. The van der Waals surface area contributed by atoms with E-state index < -0.39 is 11.6 Å². The maximum Gasteiger partial charge on any atom is 0.135 e. The minimum atomic E-state index is -0.610. The Labute approximate surface area is 190 Å². The Morgan fingerprint density at radius 1 is 1.15 bits per heavy atom. The molecule has 4 aromatic rings. The summed E-state index contributed by atoms with van der Waals surface area (Å²) >= 11 is 0. The molecule has 0 saturated carbocycles. The predicted molar refractivity (Wildman–Crippen MR) is 122 cm³/mol. The number of ether oxygens (including phenoxy) is 1. The van der Waals surface area contributed by atoms with Crippen molar-refractivity contribution in [3.8, 4) is 22.5 Å². The van der Waals surface area contributed by atoms with Gasteiger partial charge in [-0.2, -0.15) is 10.2 Å². The van der Waals surface area contributed by atoms with Crippen LogP contribution in [0.2, 0.25) is 0 Å². The number of pyridine rings is 1. The van der Waals surface area contributed by atoms with Gasteiger partial charge in [0, 0.05) is 43.4 Å². The average Bonchev–Trinajstić information content (AvgIpc) is 3.42. The van der Waals surface area contributed by atoms with Crippen molar-refractivity contribution in [3.05, 3.63) is 54.0 Å². The quantitative estimate of drug-likeness (QED) is 0.414. The summed E-state index contributed by atoms with van der Waals surface area (Å²) in [5.41, 5.74) is 2.91. The van der Waals surface area contributed by atoms with Gasteiger partial charge in [-0.3, -0.25) is 14.8 Å². The number of halogens is 2. The second-order valence-corrected chi connectivity index (χ2v) is 8.47. The van der Waals surface area contributed by atoms with Gasteiger partial charge in [-0.25, -0.2) is 8.78 Å². The predicted octanol–water partition coefficient (Wildman–Crippen LogP) is 4.00. The summed E-state index contributed by atoms with van der Waals surface area (Å²) in [6.45, 7) is 2.39. The molecular weight excluding hydrogens is 426 g/mol. The molecule has 2 N–H and O–H groups in total. The van der Waals surface area contributed by atoms with E-state index in [9.17, 15) is 0 Å². The number of aryl methyl sites for hydroxylation is 2. The van der Waals surface area contributed by atoms with Crippen molar-refractivity contribution in [1.29, 1.82) is 0 Å². The second-order valence-electron chi connectivity index (χ2n) is 8.47. The third-order valence-corrected chi connectivity index (χ3v) is 6.08. The molecule has 172 valence electrons. The highest BCUT2D eigenvalue weighted by atomic mass is 19.1. The highest BCUT2D eigenvalue weighted by Crippen LogP contribution is 2.31. The minimum absolute atomic E-state index is 0.126. The summed E-state index contributed by atoms with van der Waals surface area (Å²) < 4.78 is 37.0. The molecule has 0 spiro atoms. The van der Waals surface area contributed by atoms with Gasteiger partial charge >= 0.3 is 0 Å². The van der Waals surface area contributed by atoms with Crippen LogP contribution in [0.4, 0.5) is 8.78 Å². The number of benzene rings is 1. The van der Waals surface area contributed by atoms with Crippen LogP contribution in [0, 0.1) is 11.6 Å². The Balaban J connectivity index is 1.33. The Morgan fingerprint density at radius 3 is 2.67 bits per heavy atom. The summed E-state index contributed by atoms with van der Waals surface area (Å²) in [6.07, 6.45) is 8.51. The summed E-state index contributed by atoms with van der Waals surface area (Å²) in [5.74, 6) is -1.22. The molecule has 1 aromatic carbocycles. The van der Waals surface area contributed by atoms with Gasteiger partial charge in [0.2, 0.25) is 0 Å². The van der Waals surface area contributed by atoms with E-state index >= 15 is 8.78 Å². The number of H-pyrrole nitrogens is 1. The lowest BCUT2D eigenvalue weighted by atomic mass is 10.0. The molecular formula is C24H26F2N6O.